The number of rotatable bonds is 3. The average molecular weight is 171 g/mol. The van der Waals surface area contributed by atoms with Crippen LogP contribution in [0.5, 0.6) is 0 Å². The van der Waals surface area contributed by atoms with Crippen LogP contribution in [-0.2, 0) is 0 Å². The Bertz CT molecular complexity index is 195. The number of hydrogen-bond donors (Lipinski definition) is 1. The lowest BCUT2D eigenvalue weighted by atomic mass is 10.2. The minimum absolute atomic E-state index is 0.322. The van der Waals surface area contributed by atoms with Crippen molar-refractivity contribution >= 4 is 11.5 Å². The second-order valence-corrected chi connectivity index (χ2v) is 3.49. The maximum atomic E-state index is 5.60. The number of nitrogens with zero attached hydrogens (tertiary/aromatic N) is 2. The molecule has 11 heavy (non-hydrogen) atoms. The number of likely N-dealkylation sites (N-methyl/N-ethyl adjacent to an activating group) is 1. The van der Waals surface area contributed by atoms with Crippen LogP contribution in [0.1, 0.15) is 10.9 Å². The van der Waals surface area contributed by atoms with E-state index < -0.39 is 0 Å². The van der Waals surface area contributed by atoms with Crippen LogP contribution in [0.2, 0.25) is 0 Å². The SMILES string of the molecule is CN(C)C(CN)c1ccns1. The van der Waals surface area contributed by atoms with Gasteiger partial charge in [-0.05, 0) is 31.7 Å². The van der Waals surface area contributed by atoms with E-state index in [1.165, 1.54) is 16.4 Å². The third-order valence-electron chi connectivity index (χ3n) is 1.63. The Balaban J connectivity index is 2.71. The summed E-state index contributed by atoms with van der Waals surface area (Å²) in [6.45, 7) is 0.648. The van der Waals surface area contributed by atoms with Gasteiger partial charge in [-0.15, -0.1) is 0 Å². The Morgan fingerprint density at radius 2 is 2.45 bits per heavy atom. The Kier molecular flexibility index (Phi) is 2.99. The average Bonchev–Trinajstić information content (AvgIpc) is 2.40. The van der Waals surface area contributed by atoms with E-state index in [9.17, 15) is 0 Å². The van der Waals surface area contributed by atoms with Crippen LogP contribution >= 0.6 is 11.5 Å². The first kappa shape index (κ1) is 8.64. The van der Waals surface area contributed by atoms with Crippen molar-refractivity contribution in [1.82, 2.24) is 9.27 Å². The molecule has 0 aliphatic rings. The summed E-state index contributed by atoms with van der Waals surface area (Å²) >= 11 is 1.51. The highest BCUT2D eigenvalue weighted by Crippen LogP contribution is 2.19. The Morgan fingerprint density at radius 3 is 2.82 bits per heavy atom. The largest absolute Gasteiger partial charge is 0.329 e. The van der Waals surface area contributed by atoms with Crippen molar-refractivity contribution in [2.45, 2.75) is 6.04 Å². The van der Waals surface area contributed by atoms with Crippen molar-refractivity contribution in [1.29, 1.82) is 0 Å². The van der Waals surface area contributed by atoms with Gasteiger partial charge in [0.15, 0.2) is 0 Å². The first-order chi connectivity index (χ1) is 5.25. The first-order valence-corrected chi connectivity index (χ1v) is 4.30. The van der Waals surface area contributed by atoms with Gasteiger partial charge in [0.25, 0.3) is 0 Å². The van der Waals surface area contributed by atoms with E-state index in [0.29, 0.717) is 12.6 Å². The van der Waals surface area contributed by atoms with Gasteiger partial charge in [0, 0.05) is 17.6 Å². The normalized spacial score (nSPS) is 13.8. The van der Waals surface area contributed by atoms with Gasteiger partial charge in [0.05, 0.1) is 6.04 Å². The van der Waals surface area contributed by atoms with Crippen LogP contribution in [0, 0.1) is 0 Å². The molecule has 62 valence electrons. The number of aromatic nitrogens is 1. The number of nitrogens with two attached hydrogens (primary N) is 1. The summed E-state index contributed by atoms with van der Waals surface area (Å²) in [6.07, 6.45) is 1.81. The molecule has 2 N–H and O–H groups in total. The lowest BCUT2D eigenvalue weighted by Crippen LogP contribution is -2.26. The van der Waals surface area contributed by atoms with Crippen LogP contribution in [0.15, 0.2) is 12.3 Å². The topological polar surface area (TPSA) is 42.1 Å². The fraction of sp³-hybridized carbons (Fsp3) is 0.571. The molecule has 0 aliphatic heterocycles. The maximum absolute atomic E-state index is 5.60. The van der Waals surface area contributed by atoms with Crippen LogP contribution in [0.25, 0.3) is 0 Å². The maximum Gasteiger partial charge on any atom is 0.0575 e. The van der Waals surface area contributed by atoms with Gasteiger partial charge < -0.3 is 10.6 Å². The molecule has 0 spiro atoms. The van der Waals surface area contributed by atoms with E-state index in [0.717, 1.165) is 0 Å². The Hall–Kier alpha value is -0.450. The van der Waals surface area contributed by atoms with Crippen molar-refractivity contribution in [3.05, 3.63) is 17.1 Å². The van der Waals surface area contributed by atoms with Crippen LogP contribution in [0.4, 0.5) is 0 Å². The van der Waals surface area contributed by atoms with Crippen LogP contribution in [0.3, 0.4) is 0 Å². The molecule has 0 aromatic carbocycles. The molecule has 0 fully saturated rings. The molecular formula is C7H13N3S. The van der Waals surface area contributed by atoms with E-state index in [2.05, 4.69) is 9.27 Å². The van der Waals surface area contributed by atoms with Crippen molar-refractivity contribution in [2.75, 3.05) is 20.6 Å². The molecule has 0 radical (unpaired) electrons. The van der Waals surface area contributed by atoms with Crippen LogP contribution in [-0.4, -0.2) is 29.9 Å². The summed E-state index contributed by atoms with van der Waals surface area (Å²) in [5, 5.41) is 0. The molecule has 0 saturated carbocycles. The van der Waals surface area contributed by atoms with Gasteiger partial charge in [0.1, 0.15) is 0 Å². The van der Waals surface area contributed by atoms with Gasteiger partial charge in [-0.1, -0.05) is 0 Å². The fourth-order valence-electron chi connectivity index (χ4n) is 0.979. The van der Waals surface area contributed by atoms with E-state index in [1.54, 1.807) is 0 Å². The molecule has 0 saturated heterocycles. The highest BCUT2D eigenvalue weighted by Gasteiger charge is 2.12. The van der Waals surface area contributed by atoms with E-state index in [-0.39, 0.29) is 0 Å². The van der Waals surface area contributed by atoms with Gasteiger partial charge >= 0.3 is 0 Å². The van der Waals surface area contributed by atoms with Gasteiger partial charge in [0.2, 0.25) is 0 Å². The third-order valence-corrected chi connectivity index (χ3v) is 2.48. The lowest BCUT2D eigenvalue weighted by Gasteiger charge is -2.20. The van der Waals surface area contributed by atoms with E-state index in [1.807, 2.05) is 26.4 Å². The van der Waals surface area contributed by atoms with Crippen LogP contribution < -0.4 is 5.73 Å². The highest BCUT2D eigenvalue weighted by atomic mass is 32.1. The summed E-state index contributed by atoms with van der Waals surface area (Å²) in [6, 6.07) is 2.34. The molecule has 0 bridgehead atoms. The van der Waals surface area contributed by atoms with Gasteiger partial charge in [-0.25, -0.2) is 4.37 Å². The molecular weight excluding hydrogens is 158 g/mol. The molecule has 3 nitrogen and oxygen atoms in total. The molecule has 0 amide bonds. The van der Waals surface area contributed by atoms with E-state index >= 15 is 0 Å². The first-order valence-electron chi connectivity index (χ1n) is 3.52. The lowest BCUT2D eigenvalue weighted by molar-refractivity contribution is 0.310. The molecule has 1 aromatic heterocycles. The molecule has 1 unspecified atom stereocenters. The minimum atomic E-state index is 0.322. The fourth-order valence-corrected chi connectivity index (χ4v) is 1.77. The molecule has 1 rings (SSSR count). The van der Waals surface area contributed by atoms with Gasteiger partial charge in [-0.2, -0.15) is 0 Å². The predicted molar refractivity (Wildman–Crippen MR) is 47.6 cm³/mol. The minimum Gasteiger partial charge on any atom is -0.329 e. The van der Waals surface area contributed by atoms with Crippen molar-refractivity contribution in [3.8, 4) is 0 Å². The standard InChI is InChI=1S/C7H13N3S/c1-10(2)6(5-8)7-3-4-9-11-7/h3-4,6H,5,8H2,1-2H3. The Morgan fingerprint density at radius 1 is 1.73 bits per heavy atom. The summed E-state index contributed by atoms with van der Waals surface area (Å²) in [7, 11) is 4.05. The zero-order valence-corrected chi connectivity index (χ0v) is 7.64. The molecule has 1 aromatic rings. The zero-order chi connectivity index (χ0) is 8.27. The summed E-state index contributed by atoms with van der Waals surface area (Å²) in [4.78, 5) is 3.34. The van der Waals surface area contributed by atoms with Crippen molar-refractivity contribution in [3.63, 3.8) is 0 Å². The molecule has 1 heterocycles. The van der Waals surface area contributed by atoms with E-state index in [4.69, 9.17) is 5.73 Å². The number of hydrogen-bond acceptors (Lipinski definition) is 4. The predicted octanol–water partition coefficient (Wildman–Crippen LogP) is 0.704. The summed E-state index contributed by atoms with van der Waals surface area (Å²) in [5.74, 6) is 0. The smallest absolute Gasteiger partial charge is 0.0575 e. The summed E-state index contributed by atoms with van der Waals surface area (Å²) < 4.78 is 4.03. The highest BCUT2D eigenvalue weighted by molar-refractivity contribution is 7.05. The zero-order valence-electron chi connectivity index (χ0n) is 6.82. The molecule has 4 heteroatoms. The molecule has 1 atom stereocenters. The Labute approximate surface area is 71.0 Å². The second kappa shape index (κ2) is 3.80. The van der Waals surface area contributed by atoms with Gasteiger partial charge in [-0.3, -0.25) is 0 Å². The van der Waals surface area contributed by atoms with Crippen molar-refractivity contribution in [2.24, 2.45) is 5.73 Å². The quantitative estimate of drug-likeness (QED) is 0.728. The third kappa shape index (κ3) is 1.99. The second-order valence-electron chi connectivity index (χ2n) is 2.63. The monoisotopic (exact) mass is 171 g/mol. The molecule has 0 aliphatic carbocycles. The van der Waals surface area contributed by atoms with Crippen molar-refractivity contribution < 1.29 is 0 Å². The summed E-state index contributed by atoms with van der Waals surface area (Å²) in [5.41, 5.74) is 5.60.